The molecule has 0 heterocycles. The van der Waals surface area contributed by atoms with E-state index >= 15 is 0 Å². The predicted molar refractivity (Wildman–Crippen MR) is 89.5 cm³/mol. The Hall–Kier alpha value is -2.42. The van der Waals surface area contributed by atoms with Crippen molar-refractivity contribution in [3.63, 3.8) is 0 Å². The molecule has 0 aromatic heterocycles. The Morgan fingerprint density at radius 3 is 2.73 bits per heavy atom. The predicted octanol–water partition coefficient (Wildman–Crippen LogP) is 4.02. The summed E-state index contributed by atoms with van der Waals surface area (Å²) in [5.74, 6) is 0.145. The van der Waals surface area contributed by atoms with Crippen LogP contribution in [0.2, 0.25) is 0 Å². The van der Waals surface area contributed by atoms with Crippen molar-refractivity contribution in [2.75, 3.05) is 7.05 Å². The molecule has 0 unspecified atom stereocenters. The smallest absolute Gasteiger partial charge is 0.168 e. The molecule has 0 radical (unpaired) electrons. The molecule has 22 heavy (non-hydrogen) atoms. The molecular formula is C19H19NO2. The van der Waals surface area contributed by atoms with Crippen molar-refractivity contribution in [1.82, 2.24) is 0 Å². The van der Waals surface area contributed by atoms with Crippen LogP contribution in [-0.2, 0) is 11.2 Å². The first-order valence-electron chi connectivity index (χ1n) is 7.58. The SMILES string of the molecule is CN=C1CCCC(=O)/C1=C(\O)Cc1cccc2ccccc12. The summed E-state index contributed by atoms with van der Waals surface area (Å²) in [6.07, 6.45) is 2.43. The summed E-state index contributed by atoms with van der Waals surface area (Å²) in [6, 6.07) is 14.1. The highest BCUT2D eigenvalue weighted by atomic mass is 16.3. The molecule has 112 valence electrons. The summed E-state index contributed by atoms with van der Waals surface area (Å²) in [4.78, 5) is 16.3. The second-order valence-corrected chi connectivity index (χ2v) is 5.58. The number of nitrogens with zero attached hydrogens (tertiary/aromatic N) is 1. The third-order valence-corrected chi connectivity index (χ3v) is 4.18. The van der Waals surface area contributed by atoms with Gasteiger partial charge in [0.1, 0.15) is 5.76 Å². The highest BCUT2D eigenvalue weighted by Gasteiger charge is 2.25. The van der Waals surface area contributed by atoms with Gasteiger partial charge in [0.25, 0.3) is 0 Å². The first kappa shape index (κ1) is 14.5. The second-order valence-electron chi connectivity index (χ2n) is 5.58. The van der Waals surface area contributed by atoms with E-state index in [1.54, 1.807) is 7.05 Å². The van der Waals surface area contributed by atoms with Crippen molar-refractivity contribution in [1.29, 1.82) is 0 Å². The number of carbonyl (C=O) groups is 1. The lowest BCUT2D eigenvalue weighted by Gasteiger charge is -2.17. The molecule has 1 N–H and O–H groups in total. The molecule has 3 heteroatoms. The highest BCUT2D eigenvalue weighted by Crippen LogP contribution is 2.25. The Morgan fingerprint density at radius 2 is 1.91 bits per heavy atom. The number of benzene rings is 2. The third-order valence-electron chi connectivity index (χ3n) is 4.18. The highest BCUT2D eigenvalue weighted by molar-refractivity contribution is 6.24. The Morgan fingerprint density at radius 1 is 1.14 bits per heavy atom. The first-order chi connectivity index (χ1) is 10.7. The van der Waals surface area contributed by atoms with E-state index in [-0.39, 0.29) is 11.5 Å². The van der Waals surface area contributed by atoms with Gasteiger partial charge >= 0.3 is 0 Å². The lowest BCUT2D eigenvalue weighted by atomic mass is 9.88. The van der Waals surface area contributed by atoms with E-state index in [1.165, 1.54) is 0 Å². The zero-order valence-electron chi connectivity index (χ0n) is 12.7. The lowest BCUT2D eigenvalue weighted by molar-refractivity contribution is -0.115. The normalized spacial score (nSPS) is 19.7. The Balaban J connectivity index is 2.03. The molecule has 2 aromatic rings. The molecule has 0 spiro atoms. The Kier molecular flexibility index (Phi) is 4.05. The molecule has 0 aliphatic heterocycles. The van der Waals surface area contributed by atoms with Gasteiger partial charge in [0.05, 0.1) is 5.57 Å². The van der Waals surface area contributed by atoms with Crippen LogP contribution in [0.1, 0.15) is 24.8 Å². The van der Waals surface area contributed by atoms with Crippen LogP contribution in [0.25, 0.3) is 10.8 Å². The number of aliphatic imine (C=N–C) groups is 1. The van der Waals surface area contributed by atoms with Crippen LogP contribution in [0, 0.1) is 0 Å². The summed E-state index contributed by atoms with van der Waals surface area (Å²) in [6.45, 7) is 0. The molecule has 0 amide bonds. The van der Waals surface area contributed by atoms with Crippen molar-refractivity contribution in [2.24, 2.45) is 4.99 Å². The average molecular weight is 293 g/mol. The van der Waals surface area contributed by atoms with Gasteiger partial charge in [-0.2, -0.15) is 0 Å². The number of carbonyl (C=O) groups excluding carboxylic acids is 1. The molecule has 1 saturated carbocycles. The Labute approximate surface area is 130 Å². The number of hydrogen-bond donors (Lipinski definition) is 1. The maximum absolute atomic E-state index is 12.2. The van der Waals surface area contributed by atoms with Gasteiger partial charge in [-0.05, 0) is 29.2 Å². The number of rotatable bonds is 2. The van der Waals surface area contributed by atoms with Gasteiger partial charge in [0.15, 0.2) is 5.78 Å². The largest absolute Gasteiger partial charge is 0.511 e. The molecule has 1 fully saturated rings. The zero-order valence-corrected chi connectivity index (χ0v) is 12.7. The minimum Gasteiger partial charge on any atom is -0.511 e. The van der Waals surface area contributed by atoms with Crippen molar-refractivity contribution in [3.8, 4) is 0 Å². The van der Waals surface area contributed by atoms with Crippen LogP contribution in [-0.4, -0.2) is 23.6 Å². The van der Waals surface area contributed by atoms with Crippen LogP contribution in [0.3, 0.4) is 0 Å². The Bertz CT molecular complexity index is 782. The van der Waals surface area contributed by atoms with E-state index in [1.807, 2.05) is 42.5 Å². The number of Topliss-reactive ketones (excluding diaryl/α,β-unsaturated/α-hetero) is 1. The van der Waals surface area contributed by atoms with E-state index in [2.05, 4.69) is 4.99 Å². The van der Waals surface area contributed by atoms with Gasteiger partial charge in [-0.15, -0.1) is 0 Å². The minimum absolute atomic E-state index is 0.00425. The van der Waals surface area contributed by atoms with Gasteiger partial charge in [0, 0.05) is 25.6 Å². The summed E-state index contributed by atoms with van der Waals surface area (Å²) in [5.41, 5.74) is 2.19. The third kappa shape index (κ3) is 2.67. The summed E-state index contributed by atoms with van der Waals surface area (Å²) in [7, 11) is 1.68. The summed E-state index contributed by atoms with van der Waals surface area (Å²) in [5, 5.41) is 12.8. The van der Waals surface area contributed by atoms with Crippen molar-refractivity contribution in [2.45, 2.75) is 25.7 Å². The molecule has 2 aromatic carbocycles. The molecule has 3 nitrogen and oxygen atoms in total. The van der Waals surface area contributed by atoms with Gasteiger partial charge < -0.3 is 5.11 Å². The fourth-order valence-corrected chi connectivity index (χ4v) is 3.09. The van der Waals surface area contributed by atoms with Gasteiger partial charge in [0.2, 0.25) is 0 Å². The van der Waals surface area contributed by atoms with Crippen LogP contribution in [0.4, 0.5) is 0 Å². The molecule has 0 saturated heterocycles. The molecule has 1 aliphatic rings. The average Bonchev–Trinajstić information content (AvgIpc) is 2.54. The topological polar surface area (TPSA) is 49.7 Å². The van der Waals surface area contributed by atoms with Crippen LogP contribution < -0.4 is 0 Å². The van der Waals surface area contributed by atoms with Crippen LogP contribution in [0.15, 0.2) is 58.8 Å². The second kappa shape index (κ2) is 6.14. The van der Waals surface area contributed by atoms with Gasteiger partial charge in [-0.25, -0.2) is 0 Å². The van der Waals surface area contributed by atoms with Crippen LogP contribution in [0.5, 0.6) is 0 Å². The fourth-order valence-electron chi connectivity index (χ4n) is 3.09. The number of hydrogen-bond acceptors (Lipinski definition) is 3. The summed E-state index contributed by atoms with van der Waals surface area (Å²) < 4.78 is 0. The van der Waals surface area contributed by atoms with Crippen molar-refractivity contribution >= 4 is 22.3 Å². The van der Waals surface area contributed by atoms with E-state index < -0.39 is 0 Å². The number of ketones is 1. The molecular weight excluding hydrogens is 274 g/mol. The lowest BCUT2D eigenvalue weighted by Crippen LogP contribution is -2.21. The molecule has 3 rings (SSSR count). The standard InChI is InChI=1S/C19H19NO2/c1-20-16-10-5-11-17(21)19(16)18(22)12-14-8-4-7-13-6-2-3-9-15(13)14/h2-4,6-9,22H,5,10-12H2,1H3/b19-18-,20-16?. The quantitative estimate of drug-likeness (QED) is 0.671. The number of fused-ring (bicyclic) bond motifs is 1. The van der Waals surface area contributed by atoms with Crippen molar-refractivity contribution < 1.29 is 9.90 Å². The first-order valence-corrected chi connectivity index (χ1v) is 7.58. The molecule has 0 atom stereocenters. The van der Waals surface area contributed by atoms with E-state index in [9.17, 15) is 9.90 Å². The monoisotopic (exact) mass is 293 g/mol. The van der Waals surface area contributed by atoms with E-state index in [0.29, 0.717) is 18.4 Å². The molecule has 0 bridgehead atoms. The van der Waals surface area contributed by atoms with Crippen molar-refractivity contribution in [3.05, 3.63) is 59.4 Å². The zero-order chi connectivity index (χ0) is 15.5. The number of allylic oxidation sites excluding steroid dienone is 2. The van der Waals surface area contributed by atoms with Gasteiger partial charge in [-0.1, -0.05) is 42.5 Å². The number of aliphatic hydroxyl groups is 1. The maximum atomic E-state index is 12.2. The van der Waals surface area contributed by atoms with E-state index in [0.717, 1.165) is 34.9 Å². The maximum Gasteiger partial charge on any atom is 0.168 e. The summed E-state index contributed by atoms with van der Waals surface area (Å²) >= 11 is 0. The minimum atomic E-state index is 0.00425. The number of aliphatic hydroxyl groups excluding tert-OH is 1. The van der Waals surface area contributed by atoms with Crippen LogP contribution >= 0.6 is 0 Å². The van der Waals surface area contributed by atoms with E-state index in [4.69, 9.17) is 0 Å². The van der Waals surface area contributed by atoms with Gasteiger partial charge in [-0.3, -0.25) is 9.79 Å². The molecule has 1 aliphatic carbocycles. The fraction of sp³-hybridized carbons (Fsp3) is 0.263.